The van der Waals surface area contributed by atoms with Crippen LogP contribution in [0.15, 0.2) is 18.2 Å². The van der Waals surface area contributed by atoms with E-state index in [9.17, 15) is 13.6 Å². The van der Waals surface area contributed by atoms with Gasteiger partial charge in [0.1, 0.15) is 11.6 Å². The van der Waals surface area contributed by atoms with Crippen molar-refractivity contribution in [2.45, 2.75) is 32.1 Å². The van der Waals surface area contributed by atoms with Crippen LogP contribution in [0, 0.1) is 17.6 Å². The van der Waals surface area contributed by atoms with Gasteiger partial charge in [-0.05, 0) is 25.0 Å². The highest BCUT2D eigenvalue weighted by Crippen LogP contribution is 2.27. The molecule has 1 saturated heterocycles. The van der Waals surface area contributed by atoms with E-state index in [4.69, 9.17) is 0 Å². The molecule has 1 aromatic carbocycles. The van der Waals surface area contributed by atoms with E-state index in [2.05, 4.69) is 0 Å². The Balaban J connectivity index is 1.59. The van der Waals surface area contributed by atoms with Gasteiger partial charge in [-0.15, -0.1) is 0 Å². The molecule has 1 aliphatic heterocycles. The van der Waals surface area contributed by atoms with Crippen molar-refractivity contribution >= 4 is 11.6 Å². The Morgan fingerprint density at radius 3 is 2.32 bits per heavy atom. The van der Waals surface area contributed by atoms with Crippen molar-refractivity contribution in [1.29, 1.82) is 0 Å². The van der Waals surface area contributed by atoms with Crippen LogP contribution in [0.4, 0.5) is 14.5 Å². The predicted molar refractivity (Wildman–Crippen MR) is 81.7 cm³/mol. The molecule has 2 aliphatic rings. The quantitative estimate of drug-likeness (QED) is 0.837. The number of anilines is 1. The largest absolute Gasteiger partial charge is 0.366 e. The van der Waals surface area contributed by atoms with Gasteiger partial charge in [0.05, 0.1) is 5.69 Å². The number of nitrogens with zero attached hydrogens (tertiary/aromatic N) is 2. The molecular weight excluding hydrogens is 286 g/mol. The number of rotatable bonds is 2. The zero-order valence-corrected chi connectivity index (χ0v) is 12.7. The smallest absolute Gasteiger partial charge is 0.225 e. The Morgan fingerprint density at radius 1 is 1.00 bits per heavy atom. The van der Waals surface area contributed by atoms with Crippen LogP contribution >= 0.6 is 0 Å². The van der Waals surface area contributed by atoms with Crippen molar-refractivity contribution in [3.05, 3.63) is 29.8 Å². The average molecular weight is 308 g/mol. The third-order valence-electron chi connectivity index (χ3n) is 4.80. The number of carbonyl (C=O) groups is 1. The topological polar surface area (TPSA) is 23.6 Å². The van der Waals surface area contributed by atoms with E-state index >= 15 is 0 Å². The van der Waals surface area contributed by atoms with Crippen LogP contribution in [-0.2, 0) is 4.79 Å². The molecule has 3 rings (SSSR count). The zero-order valence-electron chi connectivity index (χ0n) is 12.7. The maximum atomic E-state index is 13.8. The fourth-order valence-electron chi connectivity index (χ4n) is 3.51. The summed E-state index contributed by atoms with van der Waals surface area (Å²) < 4.78 is 26.8. The Bertz CT molecular complexity index is 535. The SMILES string of the molecule is O=C(C1CCCCC1)N1CCN(c2ccc(F)cc2F)CC1. The summed E-state index contributed by atoms with van der Waals surface area (Å²) in [5.41, 5.74) is 0.422. The van der Waals surface area contributed by atoms with Crippen LogP contribution in [-0.4, -0.2) is 37.0 Å². The van der Waals surface area contributed by atoms with E-state index in [0.717, 1.165) is 31.7 Å². The fourth-order valence-corrected chi connectivity index (χ4v) is 3.51. The van der Waals surface area contributed by atoms with Gasteiger partial charge < -0.3 is 9.80 Å². The maximum absolute atomic E-state index is 13.8. The summed E-state index contributed by atoms with van der Waals surface area (Å²) in [7, 11) is 0. The predicted octanol–water partition coefficient (Wildman–Crippen LogP) is 3.19. The van der Waals surface area contributed by atoms with Gasteiger partial charge in [-0.3, -0.25) is 4.79 Å². The molecule has 0 bridgehead atoms. The highest BCUT2D eigenvalue weighted by molar-refractivity contribution is 5.79. The van der Waals surface area contributed by atoms with Gasteiger partial charge >= 0.3 is 0 Å². The number of hydrogen-bond donors (Lipinski definition) is 0. The highest BCUT2D eigenvalue weighted by Gasteiger charge is 2.29. The Labute approximate surface area is 129 Å². The minimum Gasteiger partial charge on any atom is -0.366 e. The fraction of sp³-hybridized carbons (Fsp3) is 0.588. The number of hydrogen-bond acceptors (Lipinski definition) is 2. The summed E-state index contributed by atoms with van der Waals surface area (Å²) in [4.78, 5) is 16.3. The summed E-state index contributed by atoms with van der Waals surface area (Å²) in [5.74, 6) is -0.652. The maximum Gasteiger partial charge on any atom is 0.225 e. The number of benzene rings is 1. The third kappa shape index (κ3) is 3.23. The molecule has 3 nitrogen and oxygen atoms in total. The second-order valence-electron chi connectivity index (χ2n) is 6.24. The van der Waals surface area contributed by atoms with E-state index in [1.54, 1.807) is 0 Å². The molecule has 120 valence electrons. The van der Waals surface area contributed by atoms with Gasteiger partial charge in [0, 0.05) is 38.2 Å². The first-order chi connectivity index (χ1) is 10.6. The van der Waals surface area contributed by atoms with Crippen molar-refractivity contribution < 1.29 is 13.6 Å². The van der Waals surface area contributed by atoms with Crippen LogP contribution in [0.3, 0.4) is 0 Å². The number of piperazine rings is 1. The molecule has 0 aromatic heterocycles. The van der Waals surface area contributed by atoms with Crippen LogP contribution in [0.25, 0.3) is 0 Å². The first-order valence-electron chi connectivity index (χ1n) is 8.14. The average Bonchev–Trinajstić information content (AvgIpc) is 2.55. The molecule has 1 amide bonds. The molecule has 1 heterocycles. The molecule has 22 heavy (non-hydrogen) atoms. The molecule has 1 aromatic rings. The Morgan fingerprint density at radius 2 is 1.68 bits per heavy atom. The van der Waals surface area contributed by atoms with Crippen molar-refractivity contribution in [1.82, 2.24) is 4.90 Å². The van der Waals surface area contributed by atoms with Gasteiger partial charge in [-0.2, -0.15) is 0 Å². The normalized spacial score (nSPS) is 20.3. The second kappa shape index (κ2) is 6.63. The van der Waals surface area contributed by atoms with Crippen molar-refractivity contribution in [2.24, 2.45) is 5.92 Å². The molecule has 0 radical (unpaired) electrons. The monoisotopic (exact) mass is 308 g/mol. The molecule has 0 atom stereocenters. The molecule has 0 unspecified atom stereocenters. The van der Waals surface area contributed by atoms with E-state index in [0.29, 0.717) is 31.9 Å². The van der Waals surface area contributed by atoms with Crippen molar-refractivity contribution in [2.75, 3.05) is 31.1 Å². The Kier molecular flexibility index (Phi) is 4.60. The van der Waals surface area contributed by atoms with E-state index < -0.39 is 11.6 Å². The molecule has 2 fully saturated rings. The second-order valence-corrected chi connectivity index (χ2v) is 6.24. The van der Waals surface area contributed by atoms with Crippen LogP contribution in [0.1, 0.15) is 32.1 Å². The third-order valence-corrected chi connectivity index (χ3v) is 4.80. The highest BCUT2D eigenvalue weighted by atomic mass is 19.1. The van der Waals surface area contributed by atoms with Crippen molar-refractivity contribution in [3.63, 3.8) is 0 Å². The van der Waals surface area contributed by atoms with Crippen molar-refractivity contribution in [3.8, 4) is 0 Å². The summed E-state index contributed by atoms with van der Waals surface area (Å²) in [6.45, 7) is 2.43. The molecule has 1 saturated carbocycles. The first-order valence-corrected chi connectivity index (χ1v) is 8.14. The lowest BCUT2D eigenvalue weighted by molar-refractivity contribution is -0.136. The summed E-state index contributed by atoms with van der Waals surface area (Å²) in [6.07, 6.45) is 5.55. The lowest BCUT2D eigenvalue weighted by atomic mass is 9.88. The molecular formula is C17H22F2N2O. The van der Waals surface area contributed by atoms with Crippen LogP contribution in [0.5, 0.6) is 0 Å². The first kappa shape index (κ1) is 15.3. The molecule has 0 N–H and O–H groups in total. The standard InChI is InChI=1S/C17H22F2N2O/c18-14-6-7-16(15(19)12-14)20-8-10-21(11-9-20)17(22)13-4-2-1-3-5-13/h6-7,12-13H,1-5,8-11H2. The summed E-state index contributed by atoms with van der Waals surface area (Å²) in [6, 6.07) is 3.66. The molecule has 0 spiro atoms. The van der Waals surface area contributed by atoms with Gasteiger partial charge in [0.15, 0.2) is 0 Å². The molecule has 5 heteroatoms. The number of halogens is 2. The van der Waals surface area contributed by atoms with Gasteiger partial charge in [0.2, 0.25) is 5.91 Å². The lowest BCUT2D eigenvalue weighted by Gasteiger charge is -2.38. The minimum atomic E-state index is -0.563. The molecule has 1 aliphatic carbocycles. The lowest BCUT2D eigenvalue weighted by Crippen LogP contribution is -2.50. The number of amides is 1. The van der Waals surface area contributed by atoms with Gasteiger partial charge in [-0.1, -0.05) is 19.3 Å². The summed E-state index contributed by atoms with van der Waals surface area (Å²) in [5, 5.41) is 0. The van der Waals surface area contributed by atoms with Crippen LogP contribution in [0.2, 0.25) is 0 Å². The van der Waals surface area contributed by atoms with Gasteiger partial charge in [-0.25, -0.2) is 8.78 Å². The zero-order chi connectivity index (χ0) is 15.5. The van der Waals surface area contributed by atoms with E-state index in [1.807, 2.05) is 9.80 Å². The van der Waals surface area contributed by atoms with Gasteiger partial charge in [0.25, 0.3) is 0 Å². The summed E-state index contributed by atoms with van der Waals surface area (Å²) >= 11 is 0. The number of carbonyl (C=O) groups excluding carboxylic acids is 1. The Hall–Kier alpha value is -1.65. The van der Waals surface area contributed by atoms with E-state index in [1.165, 1.54) is 18.6 Å². The van der Waals surface area contributed by atoms with E-state index in [-0.39, 0.29) is 11.8 Å². The van der Waals surface area contributed by atoms with Crippen LogP contribution < -0.4 is 4.90 Å². The minimum absolute atomic E-state index is 0.183.